The van der Waals surface area contributed by atoms with Gasteiger partial charge in [0.15, 0.2) is 11.5 Å². The minimum Gasteiger partial charge on any atom is -0.359 e. The quantitative estimate of drug-likeness (QED) is 0.405. The van der Waals surface area contributed by atoms with Crippen LogP contribution in [0.25, 0.3) is 0 Å². The van der Waals surface area contributed by atoms with E-state index in [-0.39, 0.29) is 11.6 Å². The van der Waals surface area contributed by atoms with Gasteiger partial charge in [-0.05, 0) is 6.42 Å². The first kappa shape index (κ1) is 10.6. The Hall–Kier alpha value is -1.89. The van der Waals surface area contributed by atoms with Gasteiger partial charge in [0.25, 0.3) is 5.91 Å². The van der Waals surface area contributed by atoms with Crippen LogP contribution in [0.1, 0.15) is 29.1 Å². The smallest absolute Gasteiger partial charge is 0.287 e. The molecule has 0 aromatic carbocycles. The molecule has 2 amide bonds. The molecule has 1 aliphatic heterocycles. The lowest BCUT2D eigenvalue weighted by molar-refractivity contribution is -0.128. The van der Waals surface area contributed by atoms with Crippen molar-refractivity contribution in [3.63, 3.8) is 0 Å². The van der Waals surface area contributed by atoms with Crippen molar-refractivity contribution in [3.05, 3.63) is 17.5 Å². The van der Waals surface area contributed by atoms with E-state index in [1.165, 1.54) is 6.07 Å². The molecule has 0 atom stereocenters. The van der Waals surface area contributed by atoms with Gasteiger partial charge in [0.05, 0.1) is 6.54 Å². The molecular formula is C9H12N4O3. The normalized spacial score (nSPS) is 15.6. The fourth-order valence-electron chi connectivity index (χ4n) is 1.63. The molecule has 0 saturated carbocycles. The number of hydrogen-bond acceptors (Lipinski definition) is 5. The molecule has 0 bridgehead atoms. The van der Waals surface area contributed by atoms with E-state index in [0.29, 0.717) is 18.7 Å². The predicted octanol–water partition coefficient (Wildman–Crippen LogP) is -0.600. The highest BCUT2D eigenvalue weighted by Crippen LogP contribution is 2.14. The number of hydrazine groups is 1. The molecule has 3 N–H and O–H groups in total. The largest absolute Gasteiger partial charge is 0.359 e. The number of rotatable bonds is 3. The van der Waals surface area contributed by atoms with E-state index in [4.69, 9.17) is 10.4 Å². The van der Waals surface area contributed by atoms with Crippen molar-refractivity contribution in [2.75, 3.05) is 6.54 Å². The minimum absolute atomic E-state index is 0.0984. The average molecular weight is 224 g/mol. The highest BCUT2D eigenvalue weighted by molar-refractivity contribution is 5.91. The summed E-state index contributed by atoms with van der Waals surface area (Å²) in [6.07, 6.45) is 1.44. The van der Waals surface area contributed by atoms with Gasteiger partial charge >= 0.3 is 0 Å². The third kappa shape index (κ3) is 2.03. The van der Waals surface area contributed by atoms with Crippen LogP contribution >= 0.6 is 0 Å². The van der Waals surface area contributed by atoms with E-state index in [1.807, 2.05) is 5.43 Å². The van der Waals surface area contributed by atoms with Crippen LogP contribution in [-0.4, -0.2) is 28.4 Å². The number of nitrogen functional groups attached to an aromatic ring is 1. The zero-order valence-corrected chi connectivity index (χ0v) is 8.60. The topological polar surface area (TPSA) is 101 Å². The number of aromatic nitrogens is 1. The fraction of sp³-hybridized carbons (Fsp3) is 0.444. The fourth-order valence-corrected chi connectivity index (χ4v) is 1.63. The van der Waals surface area contributed by atoms with Gasteiger partial charge in [-0.25, -0.2) is 5.84 Å². The van der Waals surface area contributed by atoms with Crippen LogP contribution < -0.4 is 11.3 Å². The Kier molecular flexibility index (Phi) is 2.86. The second-order valence-electron chi connectivity index (χ2n) is 3.57. The lowest BCUT2D eigenvalue weighted by Crippen LogP contribution is -2.30. The molecule has 1 aliphatic rings. The first-order chi connectivity index (χ1) is 7.70. The van der Waals surface area contributed by atoms with Crippen molar-refractivity contribution in [3.8, 4) is 0 Å². The van der Waals surface area contributed by atoms with E-state index in [9.17, 15) is 9.59 Å². The minimum atomic E-state index is -0.511. The highest BCUT2D eigenvalue weighted by Gasteiger charge is 2.22. The monoisotopic (exact) mass is 224 g/mol. The lowest BCUT2D eigenvalue weighted by Gasteiger charge is -2.12. The molecule has 1 aromatic rings. The maximum absolute atomic E-state index is 11.3. The Labute approximate surface area is 91.5 Å². The van der Waals surface area contributed by atoms with Gasteiger partial charge in [0.2, 0.25) is 5.91 Å². The van der Waals surface area contributed by atoms with Gasteiger partial charge in [0, 0.05) is 19.0 Å². The molecule has 7 heteroatoms. The molecular weight excluding hydrogens is 212 g/mol. The summed E-state index contributed by atoms with van der Waals surface area (Å²) in [7, 11) is 0. The molecule has 0 aliphatic carbocycles. The van der Waals surface area contributed by atoms with E-state index in [1.54, 1.807) is 4.90 Å². The Morgan fingerprint density at radius 1 is 1.69 bits per heavy atom. The Bertz CT molecular complexity index is 415. The van der Waals surface area contributed by atoms with Gasteiger partial charge in [-0.2, -0.15) is 0 Å². The summed E-state index contributed by atoms with van der Waals surface area (Å²) in [6, 6.07) is 1.48. The van der Waals surface area contributed by atoms with E-state index < -0.39 is 5.91 Å². The zero-order valence-electron chi connectivity index (χ0n) is 8.60. The molecule has 16 heavy (non-hydrogen) atoms. The SMILES string of the molecule is NNC(=O)c1cc(CN2CCCC2=O)on1. The maximum Gasteiger partial charge on any atom is 0.287 e. The van der Waals surface area contributed by atoms with Crippen LogP contribution in [0.4, 0.5) is 0 Å². The number of carbonyl (C=O) groups excluding carboxylic acids is 2. The molecule has 0 radical (unpaired) electrons. The molecule has 1 aromatic heterocycles. The summed E-state index contributed by atoms with van der Waals surface area (Å²) in [6.45, 7) is 1.07. The lowest BCUT2D eigenvalue weighted by atomic mass is 10.3. The number of amides is 2. The van der Waals surface area contributed by atoms with Crippen molar-refractivity contribution in [1.29, 1.82) is 0 Å². The highest BCUT2D eigenvalue weighted by atomic mass is 16.5. The van der Waals surface area contributed by atoms with Crippen LogP contribution in [0.2, 0.25) is 0 Å². The predicted molar refractivity (Wildman–Crippen MR) is 52.8 cm³/mol. The van der Waals surface area contributed by atoms with Crippen molar-refractivity contribution >= 4 is 11.8 Å². The number of nitrogens with two attached hydrogens (primary N) is 1. The van der Waals surface area contributed by atoms with E-state index >= 15 is 0 Å². The van der Waals surface area contributed by atoms with Crippen LogP contribution in [0.15, 0.2) is 10.6 Å². The summed E-state index contributed by atoms with van der Waals surface area (Å²) in [5.41, 5.74) is 2.07. The zero-order chi connectivity index (χ0) is 11.5. The molecule has 0 unspecified atom stereocenters. The van der Waals surface area contributed by atoms with Crippen LogP contribution in [0.3, 0.4) is 0 Å². The van der Waals surface area contributed by atoms with Crippen molar-refractivity contribution in [1.82, 2.24) is 15.5 Å². The second-order valence-corrected chi connectivity index (χ2v) is 3.57. The van der Waals surface area contributed by atoms with Gasteiger partial charge in [-0.15, -0.1) is 0 Å². The molecule has 2 rings (SSSR count). The summed E-state index contributed by atoms with van der Waals surface area (Å²) in [5.74, 6) is 5.02. The Balaban J connectivity index is 2.02. The first-order valence-corrected chi connectivity index (χ1v) is 4.95. The molecule has 86 valence electrons. The third-order valence-electron chi connectivity index (χ3n) is 2.44. The number of nitrogens with one attached hydrogen (secondary N) is 1. The maximum atomic E-state index is 11.3. The van der Waals surface area contributed by atoms with Gasteiger partial charge in [-0.1, -0.05) is 5.16 Å². The van der Waals surface area contributed by atoms with Gasteiger partial charge < -0.3 is 9.42 Å². The standard InChI is InChI=1S/C9H12N4O3/c10-11-9(15)7-4-6(16-12-7)5-13-3-1-2-8(13)14/h4H,1-3,5,10H2,(H,11,15). The number of hydrogen-bond donors (Lipinski definition) is 2. The molecule has 2 heterocycles. The van der Waals surface area contributed by atoms with Crippen molar-refractivity contribution < 1.29 is 14.1 Å². The van der Waals surface area contributed by atoms with E-state index in [0.717, 1.165) is 13.0 Å². The van der Waals surface area contributed by atoms with Crippen LogP contribution in [0.5, 0.6) is 0 Å². The van der Waals surface area contributed by atoms with Crippen LogP contribution in [-0.2, 0) is 11.3 Å². The van der Waals surface area contributed by atoms with Crippen molar-refractivity contribution in [2.45, 2.75) is 19.4 Å². The number of nitrogens with zero attached hydrogens (tertiary/aromatic N) is 2. The molecule has 0 spiro atoms. The van der Waals surface area contributed by atoms with Gasteiger partial charge in [0.1, 0.15) is 0 Å². The van der Waals surface area contributed by atoms with E-state index in [2.05, 4.69) is 5.16 Å². The van der Waals surface area contributed by atoms with Crippen molar-refractivity contribution in [2.24, 2.45) is 5.84 Å². The molecule has 7 nitrogen and oxygen atoms in total. The molecule has 1 saturated heterocycles. The Morgan fingerprint density at radius 2 is 2.50 bits per heavy atom. The second kappa shape index (κ2) is 4.31. The Morgan fingerprint density at radius 3 is 3.12 bits per heavy atom. The molecule has 1 fully saturated rings. The summed E-state index contributed by atoms with van der Waals surface area (Å²) in [4.78, 5) is 24.1. The van der Waals surface area contributed by atoms with Crippen LogP contribution in [0, 0.1) is 0 Å². The third-order valence-corrected chi connectivity index (χ3v) is 2.44. The first-order valence-electron chi connectivity index (χ1n) is 4.95. The van der Waals surface area contributed by atoms with Gasteiger partial charge in [-0.3, -0.25) is 15.0 Å². The average Bonchev–Trinajstić information content (AvgIpc) is 2.89. The summed E-state index contributed by atoms with van der Waals surface area (Å²) >= 11 is 0. The number of carbonyl (C=O) groups is 2. The summed E-state index contributed by atoms with van der Waals surface area (Å²) in [5, 5.41) is 3.55. The number of likely N-dealkylation sites (tertiary alicyclic amines) is 1. The summed E-state index contributed by atoms with van der Waals surface area (Å²) < 4.78 is 4.94.